The SMILES string of the molecule is CNC(=O)CNC(=O)c1ccc(Nc2ncc(F)c(Nc3ccc(OC)c(Cl)c3)n2)cc1. The number of nitrogens with zero attached hydrogens (tertiary/aromatic N) is 2. The third-order valence-corrected chi connectivity index (χ3v) is 4.55. The fourth-order valence-corrected chi connectivity index (χ4v) is 2.84. The van der Waals surface area contributed by atoms with Crippen molar-refractivity contribution in [3.8, 4) is 5.75 Å². The predicted molar refractivity (Wildman–Crippen MR) is 119 cm³/mol. The molecule has 0 aliphatic heterocycles. The second kappa shape index (κ2) is 10.4. The van der Waals surface area contributed by atoms with Crippen molar-refractivity contribution in [1.29, 1.82) is 0 Å². The van der Waals surface area contributed by atoms with Gasteiger partial charge in [0.25, 0.3) is 5.91 Å². The number of amides is 2. The molecule has 0 aliphatic carbocycles. The number of anilines is 4. The van der Waals surface area contributed by atoms with Crippen molar-refractivity contribution in [2.45, 2.75) is 0 Å². The number of likely N-dealkylation sites (N-methyl/N-ethyl adjacent to an activating group) is 1. The minimum Gasteiger partial charge on any atom is -0.495 e. The van der Waals surface area contributed by atoms with Crippen LogP contribution in [0, 0.1) is 5.82 Å². The van der Waals surface area contributed by atoms with Gasteiger partial charge in [-0.2, -0.15) is 4.98 Å². The van der Waals surface area contributed by atoms with Crippen LogP contribution < -0.4 is 26.0 Å². The van der Waals surface area contributed by atoms with Gasteiger partial charge in [0.15, 0.2) is 11.6 Å². The van der Waals surface area contributed by atoms with Gasteiger partial charge in [0.1, 0.15) is 5.75 Å². The van der Waals surface area contributed by atoms with Crippen molar-refractivity contribution >= 4 is 46.6 Å². The first-order chi connectivity index (χ1) is 15.4. The maximum Gasteiger partial charge on any atom is 0.251 e. The molecule has 0 atom stereocenters. The largest absolute Gasteiger partial charge is 0.495 e. The van der Waals surface area contributed by atoms with E-state index in [2.05, 4.69) is 31.2 Å². The lowest BCUT2D eigenvalue weighted by atomic mass is 10.2. The summed E-state index contributed by atoms with van der Waals surface area (Å²) in [5.74, 6) is -0.743. The molecule has 3 rings (SSSR count). The van der Waals surface area contributed by atoms with Crippen LogP contribution in [0.2, 0.25) is 5.02 Å². The molecule has 1 aromatic heterocycles. The van der Waals surface area contributed by atoms with E-state index in [1.54, 1.807) is 42.5 Å². The Labute approximate surface area is 188 Å². The Morgan fingerprint density at radius 1 is 1.09 bits per heavy atom. The fourth-order valence-electron chi connectivity index (χ4n) is 2.58. The van der Waals surface area contributed by atoms with Crippen LogP contribution in [0.15, 0.2) is 48.7 Å². The topological polar surface area (TPSA) is 117 Å². The Morgan fingerprint density at radius 3 is 2.47 bits per heavy atom. The first-order valence-electron chi connectivity index (χ1n) is 9.38. The second-order valence-corrected chi connectivity index (χ2v) is 6.83. The maximum absolute atomic E-state index is 14.2. The predicted octanol–water partition coefficient (Wildman–Crippen LogP) is 3.24. The lowest BCUT2D eigenvalue weighted by Crippen LogP contribution is -2.35. The van der Waals surface area contributed by atoms with Crippen LogP contribution in [0.25, 0.3) is 0 Å². The molecular formula is C21H20ClFN6O3. The summed E-state index contributed by atoms with van der Waals surface area (Å²) in [6.45, 7) is -0.117. The number of halogens is 2. The summed E-state index contributed by atoms with van der Waals surface area (Å²) < 4.78 is 19.3. The molecule has 0 radical (unpaired) electrons. The summed E-state index contributed by atoms with van der Waals surface area (Å²) in [6.07, 6.45) is 1.03. The number of rotatable bonds is 8. The second-order valence-electron chi connectivity index (χ2n) is 6.42. The number of methoxy groups -OCH3 is 1. The van der Waals surface area contributed by atoms with Crippen molar-refractivity contribution in [2.75, 3.05) is 31.3 Å². The Balaban J connectivity index is 1.68. The number of hydrogen-bond donors (Lipinski definition) is 4. The van der Waals surface area contributed by atoms with E-state index in [-0.39, 0.29) is 30.1 Å². The molecule has 32 heavy (non-hydrogen) atoms. The number of hydrogen-bond acceptors (Lipinski definition) is 7. The normalized spacial score (nSPS) is 10.2. The molecule has 4 N–H and O–H groups in total. The van der Waals surface area contributed by atoms with E-state index >= 15 is 0 Å². The molecule has 2 amide bonds. The first-order valence-corrected chi connectivity index (χ1v) is 9.76. The van der Waals surface area contributed by atoms with Gasteiger partial charge in [-0.25, -0.2) is 9.37 Å². The number of benzene rings is 2. The molecule has 3 aromatic rings. The van der Waals surface area contributed by atoms with Crippen molar-refractivity contribution in [2.24, 2.45) is 0 Å². The minimum atomic E-state index is -0.648. The lowest BCUT2D eigenvalue weighted by Gasteiger charge is -2.11. The van der Waals surface area contributed by atoms with Gasteiger partial charge in [-0.15, -0.1) is 0 Å². The van der Waals surface area contributed by atoms with Crippen molar-refractivity contribution in [3.63, 3.8) is 0 Å². The van der Waals surface area contributed by atoms with Crippen LogP contribution in [0.3, 0.4) is 0 Å². The van der Waals surface area contributed by atoms with E-state index < -0.39 is 5.82 Å². The van der Waals surface area contributed by atoms with Crippen molar-refractivity contribution in [1.82, 2.24) is 20.6 Å². The number of ether oxygens (including phenoxy) is 1. The Kier molecular flexibility index (Phi) is 7.40. The molecule has 11 heteroatoms. The monoisotopic (exact) mass is 458 g/mol. The maximum atomic E-state index is 14.2. The van der Waals surface area contributed by atoms with Crippen molar-refractivity contribution in [3.05, 3.63) is 65.1 Å². The van der Waals surface area contributed by atoms with E-state index in [1.807, 2.05) is 0 Å². The third-order valence-electron chi connectivity index (χ3n) is 4.25. The van der Waals surface area contributed by atoms with Gasteiger partial charge in [0, 0.05) is 24.0 Å². The summed E-state index contributed by atoms with van der Waals surface area (Å²) in [5, 5.41) is 11.1. The lowest BCUT2D eigenvalue weighted by molar-refractivity contribution is -0.119. The molecule has 0 bridgehead atoms. The van der Waals surface area contributed by atoms with Gasteiger partial charge in [0.2, 0.25) is 11.9 Å². The summed E-state index contributed by atoms with van der Waals surface area (Å²) in [6, 6.07) is 11.3. The number of carbonyl (C=O) groups excluding carboxylic acids is 2. The molecule has 0 unspecified atom stereocenters. The molecule has 0 fully saturated rings. The zero-order valence-corrected chi connectivity index (χ0v) is 18.0. The molecule has 166 valence electrons. The van der Waals surface area contributed by atoms with Crippen LogP contribution in [-0.2, 0) is 4.79 Å². The van der Waals surface area contributed by atoms with Crippen LogP contribution in [0.5, 0.6) is 5.75 Å². The third kappa shape index (κ3) is 5.82. The van der Waals surface area contributed by atoms with Gasteiger partial charge in [0.05, 0.1) is 24.9 Å². The highest BCUT2D eigenvalue weighted by Gasteiger charge is 2.11. The van der Waals surface area contributed by atoms with E-state index in [1.165, 1.54) is 14.2 Å². The Hall–Kier alpha value is -3.92. The van der Waals surface area contributed by atoms with Crippen LogP contribution in [0.4, 0.5) is 27.5 Å². The average Bonchev–Trinajstić information content (AvgIpc) is 2.80. The van der Waals surface area contributed by atoms with Gasteiger partial charge < -0.3 is 26.0 Å². The summed E-state index contributed by atoms with van der Waals surface area (Å²) >= 11 is 6.10. The molecule has 2 aromatic carbocycles. The number of nitrogens with one attached hydrogen (secondary N) is 4. The smallest absolute Gasteiger partial charge is 0.251 e. The summed E-state index contributed by atoms with van der Waals surface area (Å²) in [7, 11) is 2.99. The standard InChI is InChI=1S/C21H20ClFN6O3/c1-24-18(30)11-25-20(31)12-3-5-13(6-4-12)28-21-26-10-16(23)19(29-21)27-14-7-8-17(32-2)15(22)9-14/h3-10H,11H2,1-2H3,(H,24,30)(H,25,31)(H2,26,27,28,29). The average molecular weight is 459 g/mol. The zero-order valence-electron chi connectivity index (χ0n) is 17.2. The molecule has 9 nitrogen and oxygen atoms in total. The quantitative estimate of drug-likeness (QED) is 0.409. The number of carbonyl (C=O) groups is 2. The fraction of sp³-hybridized carbons (Fsp3) is 0.143. The van der Waals surface area contributed by atoms with Gasteiger partial charge in [-0.05, 0) is 42.5 Å². The Morgan fingerprint density at radius 2 is 1.81 bits per heavy atom. The molecule has 1 heterocycles. The molecule has 0 aliphatic rings. The molecule has 0 saturated heterocycles. The zero-order chi connectivity index (χ0) is 23.1. The van der Waals surface area contributed by atoms with E-state index in [4.69, 9.17) is 16.3 Å². The first kappa shape index (κ1) is 22.8. The van der Waals surface area contributed by atoms with Gasteiger partial charge in [-0.1, -0.05) is 11.6 Å². The van der Waals surface area contributed by atoms with E-state index in [9.17, 15) is 14.0 Å². The van der Waals surface area contributed by atoms with Crippen molar-refractivity contribution < 1.29 is 18.7 Å². The van der Waals surface area contributed by atoms with E-state index in [0.29, 0.717) is 27.7 Å². The van der Waals surface area contributed by atoms with Crippen LogP contribution >= 0.6 is 11.6 Å². The van der Waals surface area contributed by atoms with Gasteiger partial charge in [-0.3, -0.25) is 9.59 Å². The van der Waals surface area contributed by atoms with Gasteiger partial charge >= 0.3 is 0 Å². The minimum absolute atomic E-state index is 0.0473. The summed E-state index contributed by atoms with van der Waals surface area (Å²) in [5.41, 5.74) is 1.47. The number of aromatic nitrogens is 2. The Bertz CT molecular complexity index is 1130. The molecular weight excluding hydrogens is 439 g/mol. The van der Waals surface area contributed by atoms with E-state index in [0.717, 1.165) is 6.20 Å². The summed E-state index contributed by atoms with van der Waals surface area (Å²) in [4.78, 5) is 31.3. The molecule has 0 spiro atoms. The highest BCUT2D eigenvalue weighted by atomic mass is 35.5. The molecule has 0 saturated carbocycles. The van der Waals surface area contributed by atoms with Crippen LogP contribution in [-0.4, -0.2) is 42.5 Å². The van der Waals surface area contributed by atoms with Crippen LogP contribution in [0.1, 0.15) is 10.4 Å². The highest BCUT2D eigenvalue weighted by Crippen LogP contribution is 2.29. The highest BCUT2D eigenvalue weighted by molar-refractivity contribution is 6.32.